The fraction of sp³-hybridized carbons (Fsp3) is 0.333. The molecular formula is C9H13N3O2. The molecule has 0 unspecified atom stereocenters. The highest BCUT2D eigenvalue weighted by molar-refractivity contribution is 5.48. The van der Waals surface area contributed by atoms with Crippen molar-refractivity contribution < 1.29 is 4.74 Å². The third kappa shape index (κ3) is 2.35. The first-order valence-electron chi connectivity index (χ1n) is 4.15. The zero-order valence-corrected chi connectivity index (χ0v) is 8.26. The number of methoxy groups -OCH3 is 1. The minimum absolute atomic E-state index is 0.189. The summed E-state index contributed by atoms with van der Waals surface area (Å²) in [6, 6.07) is 0. The van der Waals surface area contributed by atoms with Crippen LogP contribution in [0.4, 0.5) is 5.82 Å². The lowest BCUT2D eigenvalue weighted by molar-refractivity contribution is 0.408. The van der Waals surface area contributed by atoms with Gasteiger partial charge in [0.1, 0.15) is 0 Å². The first-order valence-corrected chi connectivity index (χ1v) is 4.15. The van der Waals surface area contributed by atoms with Gasteiger partial charge in [0.05, 0.1) is 13.4 Å². The van der Waals surface area contributed by atoms with Gasteiger partial charge in [-0.15, -0.1) is 0 Å². The summed E-state index contributed by atoms with van der Waals surface area (Å²) in [5.41, 5.74) is 0.654. The number of ether oxygens (including phenoxy) is 1. The molecule has 14 heavy (non-hydrogen) atoms. The molecule has 0 aromatic carbocycles. The van der Waals surface area contributed by atoms with E-state index in [9.17, 15) is 4.79 Å². The van der Waals surface area contributed by atoms with Crippen LogP contribution in [0.5, 0.6) is 5.75 Å². The van der Waals surface area contributed by atoms with Gasteiger partial charge in [-0.1, -0.05) is 12.2 Å². The summed E-state index contributed by atoms with van der Waals surface area (Å²) in [4.78, 5) is 17.6. The van der Waals surface area contributed by atoms with E-state index >= 15 is 0 Å². The highest BCUT2D eigenvalue weighted by Crippen LogP contribution is 2.13. The van der Waals surface area contributed by atoms with Gasteiger partial charge < -0.3 is 15.0 Å². The molecule has 0 fully saturated rings. The van der Waals surface area contributed by atoms with Gasteiger partial charge in [0.2, 0.25) is 5.75 Å². The fourth-order valence-corrected chi connectivity index (χ4v) is 0.937. The van der Waals surface area contributed by atoms with Gasteiger partial charge in [-0.3, -0.25) is 4.79 Å². The molecule has 0 aliphatic carbocycles. The SMILES string of the molecule is C=C(C)CNc1nc[nH]c(=O)c1OC. The second-order valence-electron chi connectivity index (χ2n) is 2.92. The van der Waals surface area contributed by atoms with Crippen LogP contribution in [0.1, 0.15) is 6.92 Å². The Hall–Kier alpha value is -1.78. The van der Waals surface area contributed by atoms with Crippen molar-refractivity contribution in [1.29, 1.82) is 0 Å². The Morgan fingerprint density at radius 3 is 3.07 bits per heavy atom. The quantitative estimate of drug-likeness (QED) is 0.696. The molecule has 0 radical (unpaired) electrons. The maximum absolute atomic E-state index is 11.2. The molecule has 1 rings (SSSR count). The van der Waals surface area contributed by atoms with Gasteiger partial charge in [0, 0.05) is 6.54 Å². The maximum atomic E-state index is 11.2. The summed E-state index contributed by atoms with van der Waals surface area (Å²) in [7, 11) is 1.43. The number of rotatable bonds is 4. The van der Waals surface area contributed by atoms with Crippen molar-refractivity contribution in [3.63, 3.8) is 0 Å². The Kier molecular flexibility index (Phi) is 3.28. The second kappa shape index (κ2) is 4.45. The normalized spacial score (nSPS) is 9.57. The van der Waals surface area contributed by atoms with Gasteiger partial charge >= 0.3 is 0 Å². The number of aromatic amines is 1. The van der Waals surface area contributed by atoms with E-state index in [2.05, 4.69) is 21.9 Å². The summed E-state index contributed by atoms with van der Waals surface area (Å²) in [5, 5.41) is 2.95. The van der Waals surface area contributed by atoms with Gasteiger partial charge in [0.25, 0.3) is 5.56 Å². The van der Waals surface area contributed by atoms with Gasteiger partial charge in [-0.2, -0.15) is 0 Å². The first kappa shape index (κ1) is 10.3. The average Bonchev–Trinajstić information content (AvgIpc) is 2.14. The Balaban J connectivity index is 2.90. The van der Waals surface area contributed by atoms with Crippen LogP contribution in [0.15, 0.2) is 23.3 Å². The van der Waals surface area contributed by atoms with Crippen molar-refractivity contribution in [2.75, 3.05) is 19.0 Å². The van der Waals surface area contributed by atoms with Crippen LogP contribution >= 0.6 is 0 Å². The van der Waals surface area contributed by atoms with E-state index in [4.69, 9.17) is 4.74 Å². The summed E-state index contributed by atoms with van der Waals surface area (Å²) in [6.45, 7) is 6.17. The van der Waals surface area contributed by atoms with E-state index in [0.717, 1.165) is 5.57 Å². The Morgan fingerprint density at radius 1 is 1.79 bits per heavy atom. The van der Waals surface area contributed by atoms with Crippen LogP contribution in [0.3, 0.4) is 0 Å². The lowest BCUT2D eigenvalue weighted by Crippen LogP contribution is -2.14. The van der Waals surface area contributed by atoms with Gasteiger partial charge in [0.15, 0.2) is 5.82 Å². The smallest absolute Gasteiger partial charge is 0.295 e. The summed E-state index contributed by atoms with van der Waals surface area (Å²) < 4.78 is 4.91. The number of hydrogen-bond donors (Lipinski definition) is 2. The zero-order chi connectivity index (χ0) is 10.6. The Labute approximate surface area is 81.8 Å². The third-order valence-corrected chi connectivity index (χ3v) is 1.57. The van der Waals surface area contributed by atoms with Crippen molar-refractivity contribution in [1.82, 2.24) is 9.97 Å². The average molecular weight is 195 g/mol. The number of H-pyrrole nitrogens is 1. The van der Waals surface area contributed by atoms with Crippen LogP contribution in [0.25, 0.3) is 0 Å². The van der Waals surface area contributed by atoms with Crippen molar-refractivity contribution in [2.45, 2.75) is 6.92 Å². The van der Waals surface area contributed by atoms with E-state index in [1.807, 2.05) is 6.92 Å². The molecule has 0 spiro atoms. The minimum Gasteiger partial charge on any atom is -0.489 e. The molecule has 76 valence electrons. The molecule has 5 nitrogen and oxygen atoms in total. The van der Waals surface area contributed by atoms with E-state index in [1.165, 1.54) is 13.4 Å². The Morgan fingerprint density at radius 2 is 2.50 bits per heavy atom. The van der Waals surface area contributed by atoms with Crippen LogP contribution < -0.4 is 15.6 Å². The third-order valence-electron chi connectivity index (χ3n) is 1.57. The molecule has 0 bridgehead atoms. The molecule has 0 aliphatic heterocycles. The topological polar surface area (TPSA) is 67.0 Å². The van der Waals surface area contributed by atoms with Crippen molar-refractivity contribution >= 4 is 5.82 Å². The highest BCUT2D eigenvalue weighted by atomic mass is 16.5. The molecule has 0 saturated carbocycles. The van der Waals surface area contributed by atoms with Crippen molar-refractivity contribution in [3.05, 3.63) is 28.8 Å². The van der Waals surface area contributed by atoms with Crippen LogP contribution in [-0.4, -0.2) is 23.6 Å². The highest BCUT2D eigenvalue weighted by Gasteiger charge is 2.07. The van der Waals surface area contributed by atoms with E-state index in [-0.39, 0.29) is 11.3 Å². The fourth-order valence-electron chi connectivity index (χ4n) is 0.937. The van der Waals surface area contributed by atoms with Gasteiger partial charge in [-0.05, 0) is 6.92 Å². The summed E-state index contributed by atoms with van der Waals surface area (Å²) in [6.07, 6.45) is 1.33. The lowest BCUT2D eigenvalue weighted by Gasteiger charge is -2.07. The largest absolute Gasteiger partial charge is 0.489 e. The van der Waals surface area contributed by atoms with Crippen molar-refractivity contribution in [3.8, 4) is 5.75 Å². The predicted octanol–water partition coefficient (Wildman–Crippen LogP) is 0.766. The number of anilines is 1. The van der Waals surface area contributed by atoms with Crippen LogP contribution in [-0.2, 0) is 0 Å². The van der Waals surface area contributed by atoms with Gasteiger partial charge in [-0.25, -0.2) is 4.98 Å². The number of nitrogens with zero attached hydrogens (tertiary/aromatic N) is 1. The van der Waals surface area contributed by atoms with Crippen LogP contribution in [0, 0.1) is 0 Å². The lowest BCUT2D eigenvalue weighted by atomic mass is 10.3. The number of hydrogen-bond acceptors (Lipinski definition) is 4. The molecule has 0 atom stereocenters. The molecule has 0 saturated heterocycles. The monoisotopic (exact) mass is 195 g/mol. The van der Waals surface area contributed by atoms with E-state index < -0.39 is 0 Å². The zero-order valence-electron chi connectivity index (χ0n) is 8.26. The summed E-state index contributed by atoms with van der Waals surface area (Å²) >= 11 is 0. The minimum atomic E-state index is -0.299. The maximum Gasteiger partial charge on any atom is 0.295 e. The van der Waals surface area contributed by atoms with E-state index in [0.29, 0.717) is 12.4 Å². The molecule has 1 aromatic rings. The first-order chi connectivity index (χ1) is 6.65. The Bertz CT molecular complexity index is 384. The second-order valence-corrected chi connectivity index (χ2v) is 2.92. The summed E-state index contributed by atoms with van der Waals surface area (Å²) in [5.74, 6) is 0.619. The number of nitrogens with one attached hydrogen (secondary N) is 2. The molecule has 1 aromatic heterocycles. The van der Waals surface area contributed by atoms with Crippen LogP contribution in [0.2, 0.25) is 0 Å². The standard InChI is InChI=1S/C9H13N3O2/c1-6(2)4-10-8-7(14-3)9(13)12-5-11-8/h5H,1,4H2,2-3H3,(H2,10,11,12,13). The molecule has 1 heterocycles. The molecule has 2 N–H and O–H groups in total. The molecule has 5 heteroatoms. The molecule has 0 amide bonds. The predicted molar refractivity (Wildman–Crippen MR) is 54.7 cm³/mol. The number of aromatic nitrogens is 2. The van der Waals surface area contributed by atoms with E-state index in [1.54, 1.807) is 0 Å². The molecular weight excluding hydrogens is 182 g/mol. The van der Waals surface area contributed by atoms with Crippen molar-refractivity contribution in [2.24, 2.45) is 0 Å². The molecule has 0 aliphatic rings.